The predicted octanol–water partition coefficient (Wildman–Crippen LogP) is 0.917. The Kier molecular flexibility index (Phi) is 5.16. The molecule has 0 radical (unpaired) electrons. The number of rotatable bonds is 4. The van der Waals surface area contributed by atoms with Crippen molar-refractivity contribution in [2.45, 2.75) is 38.0 Å². The molecule has 1 aliphatic carbocycles. The zero-order valence-electron chi connectivity index (χ0n) is 10.1. The predicted molar refractivity (Wildman–Crippen MR) is 58.2 cm³/mol. The number of aliphatic hydroxyl groups excluding tert-OH is 1. The Labute approximate surface area is 107 Å². The highest BCUT2D eigenvalue weighted by atomic mass is 19.4. The third-order valence-electron chi connectivity index (χ3n) is 3.32. The first-order chi connectivity index (χ1) is 8.71. The fourth-order valence-electron chi connectivity index (χ4n) is 2.11. The fourth-order valence-corrected chi connectivity index (χ4v) is 2.11. The number of aliphatic hydroxyl groups is 1. The van der Waals surface area contributed by atoms with E-state index in [0.29, 0.717) is 0 Å². The summed E-state index contributed by atoms with van der Waals surface area (Å²) in [6.07, 6.45) is -5.86. The summed E-state index contributed by atoms with van der Waals surface area (Å²) in [7, 11) is 0. The van der Waals surface area contributed by atoms with Crippen LogP contribution in [0.2, 0.25) is 0 Å². The number of alkyl halides is 3. The molecule has 0 aromatic heterocycles. The number of aliphatic carboxylic acids is 1. The Hall–Kier alpha value is -1.31. The Morgan fingerprint density at radius 3 is 2.16 bits per heavy atom. The molecule has 1 amide bonds. The van der Waals surface area contributed by atoms with Crippen LogP contribution in [0, 0.1) is 11.8 Å². The molecule has 1 fully saturated rings. The first-order valence-electron chi connectivity index (χ1n) is 5.97. The molecule has 5 nitrogen and oxygen atoms in total. The SMILES string of the molecule is O=C(O)C(O)CNC(=O)C1CCC(C(F)(F)F)CC1. The molecule has 1 atom stereocenters. The molecule has 0 bridgehead atoms. The second kappa shape index (κ2) is 6.23. The van der Waals surface area contributed by atoms with Gasteiger partial charge in [0.2, 0.25) is 5.91 Å². The summed E-state index contributed by atoms with van der Waals surface area (Å²) in [5, 5.41) is 19.6. The third kappa shape index (κ3) is 4.70. The van der Waals surface area contributed by atoms with E-state index in [1.54, 1.807) is 0 Å². The number of hydrogen-bond donors (Lipinski definition) is 3. The van der Waals surface area contributed by atoms with E-state index in [1.165, 1.54) is 0 Å². The first-order valence-corrected chi connectivity index (χ1v) is 5.97. The molecule has 8 heteroatoms. The number of carbonyl (C=O) groups is 2. The summed E-state index contributed by atoms with van der Waals surface area (Å²) in [4.78, 5) is 21.9. The van der Waals surface area contributed by atoms with Crippen LogP contribution in [-0.2, 0) is 9.59 Å². The van der Waals surface area contributed by atoms with Crippen LogP contribution in [-0.4, -0.2) is 40.9 Å². The molecule has 1 aliphatic rings. The van der Waals surface area contributed by atoms with Gasteiger partial charge in [-0.3, -0.25) is 4.79 Å². The second-order valence-corrected chi connectivity index (χ2v) is 4.69. The molecule has 0 aromatic carbocycles. The van der Waals surface area contributed by atoms with Crippen molar-refractivity contribution in [3.05, 3.63) is 0 Å². The van der Waals surface area contributed by atoms with Crippen LogP contribution in [0.15, 0.2) is 0 Å². The molecule has 0 aromatic rings. The van der Waals surface area contributed by atoms with Crippen molar-refractivity contribution in [3.8, 4) is 0 Å². The van der Waals surface area contributed by atoms with Crippen LogP contribution < -0.4 is 5.32 Å². The Morgan fingerprint density at radius 1 is 1.21 bits per heavy atom. The average Bonchev–Trinajstić information content (AvgIpc) is 2.34. The maximum atomic E-state index is 12.4. The van der Waals surface area contributed by atoms with Gasteiger partial charge in [0.25, 0.3) is 0 Å². The number of hydrogen-bond acceptors (Lipinski definition) is 3. The van der Waals surface area contributed by atoms with Crippen molar-refractivity contribution >= 4 is 11.9 Å². The molecule has 0 saturated heterocycles. The molecular formula is C11H16F3NO4. The van der Waals surface area contributed by atoms with Gasteiger partial charge >= 0.3 is 12.1 Å². The van der Waals surface area contributed by atoms with Gasteiger partial charge in [-0.25, -0.2) is 4.79 Å². The van der Waals surface area contributed by atoms with E-state index in [0.717, 1.165) is 0 Å². The molecule has 3 N–H and O–H groups in total. The summed E-state index contributed by atoms with van der Waals surface area (Å²) in [5.41, 5.74) is 0. The lowest BCUT2D eigenvalue weighted by Crippen LogP contribution is -2.41. The van der Waals surface area contributed by atoms with Gasteiger partial charge in [0.05, 0.1) is 12.5 Å². The van der Waals surface area contributed by atoms with E-state index in [2.05, 4.69) is 5.32 Å². The summed E-state index contributed by atoms with van der Waals surface area (Å²) < 4.78 is 37.2. The largest absolute Gasteiger partial charge is 0.479 e. The highest BCUT2D eigenvalue weighted by Crippen LogP contribution is 2.39. The first kappa shape index (κ1) is 15.7. The maximum Gasteiger partial charge on any atom is 0.391 e. The minimum Gasteiger partial charge on any atom is -0.479 e. The van der Waals surface area contributed by atoms with E-state index < -0.39 is 42.5 Å². The van der Waals surface area contributed by atoms with Crippen LogP contribution in [0.4, 0.5) is 13.2 Å². The fraction of sp³-hybridized carbons (Fsp3) is 0.818. The lowest BCUT2D eigenvalue weighted by Gasteiger charge is -2.29. The summed E-state index contributed by atoms with van der Waals surface area (Å²) >= 11 is 0. The average molecular weight is 283 g/mol. The molecule has 0 heterocycles. The smallest absolute Gasteiger partial charge is 0.391 e. The second-order valence-electron chi connectivity index (χ2n) is 4.69. The van der Waals surface area contributed by atoms with Crippen LogP contribution in [0.25, 0.3) is 0 Å². The highest BCUT2D eigenvalue weighted by Gasteiger charge is 2.42. The number of amides is 1. The van der Waals surface area contributed by atoms with E-state index in [-0.39, 0.29) is 25.7 Å². The van der Waals surface area contributed by atoms with Crippen molar-refractivity contribution in [1.82, 2.24) is 5.32 Å². The van der Waals surface area contributed by atoms with Gasteiger partial charge in [0, 0.05) is 5.92 Å². The molecule has 110 valence electrons. The molecule has 1 rings (SSSR count). The third-order valence-corrected chi connectivity index (χ3v) is 3.32. The van der Waals surface area contributed by atoms with Gasteiger partial charge in [-0.05, 0) is 25.7 Å². The van der Waals surface area contributed by atoms with Crippen LogP contribution in [0.3, 0.4) is 0 Å². The quantitative estimate of drug-likeness (QED) is 0.716. The minimum absolute atomic E-state index is 0.0942. The van der Waals surface area contributed by atoms with Gasteiger partial charge in [-0.1, -0.05) is 0 Å². The van der Waals surface area contributed by atoms with Crippen molar-refractivity contribution in [3.63, 3.8) is 0 Å². The molecular weight excluding hydrogens is 267 g/mol. The van der Waals surface area contributed by atoms with Crippen LogP contribution in [0.1, 0.15) is 25.7 Å². The molecule has 0 aliphatic heterocycles. The standard InChI is InChI=1S/C11H16F3NO4/c12-11(13,14)7-3-1-6(2-4-7)9(17)15-5-8(16)10(18)19/h6-8,16H,1-5H2,(H,15,17)(H,18,19). The Bertz CT molecular complexity index is 337. The number of carboxylic acids is 1. The zero-order chi connectivity index (χ0) is 14.6. The van der Waals surface area contributed by atoms with E-state index in [9.17, 15) is 22.8 Å². The summed E-state index contributed by atoms with van der Waals surface area (Å²) in [6.45, 7) is -0.437. The van der Waals surface area contributed by atoms with Gasteiger partial charge < -0.3 is 15.5 Å². The summed E-state index contributed by atoms with van der Waals surface area (Å²) in [6, 6.07) is 0. The van der Waals surface area contributed by atoms with Gasteiger partial charge in [0.1, 0.15) is 0 Å². The van der Waals surface area contributed by atoms with Crippen molar-refractivity contribution in [2.75, 3.05) is 6.54 Å². The normalized spacial score (nSPS) is 25.7. The lowest BCUT2D eigenvalue weighted by atomic mass is 9.81. The number of carbonyl (C=O) groups excluding carboxylic acids is 1. The van der Waals surface area contributed by atoms with Crippen molar-refractivity contribution in [1.29, 1.82) is 0 Å². The molecule has 0 spiro atoms. The van der Waals surface area contributed by atoms with Crippen molar-refractivity contribution < 1.29 is 33.0 Å². The number of nitrogens with one attached hydrogen (secondary N) is 1. The van der Waals surface area contributed by atoms with E-state index in [1.807, 2.05) is 0 Å². The van der Waals surface area contributed by atoms with Crippen LogP contribution >= 0.6 is 0 Å². The van der Waals surface area contributed by atoms with E-state index >= 15 is 0 Å². The minimum atomic E-state index is -4.22. The highest BCUT2D eigenvalue weighted by molar-refractivity contribution is 5.80. The Balaban J connectivity index is 2.35. The maximum absolute atomic E-state index is 12.4. The zero-order valence-corrected chi connectivity index (χ0v) is 10.1. The van der Waals surface area contributed by atoms with Gasteiger partial charge in [-0.2, -0.15) is 13.2 Å². The molecule has 1 saturated carbocycles. The van der Waals surface area contributed by atoms with Crippen molar-refractivity contribution in [2.24, 2.45) is 11.8 Å². The summed E-state index contributed by atoms with van der Waals surface area (Å²) in [5.74, 6) is -3.86. The molecule has 19 heavy (non-hydrogen) atoms. The number of carboxylic acid groups (broad SMARTS) is 1. The molecule has 1 unspecified atom stereocenters. The number of halogens is 3. The Morgan fingerprint density at radius 2 is 1.74 bits per heavy atom. The van der Waals surface area contributed by atoms with Crippen LogP contribution in [0.5, 0.6) is 0 Å². The van der Waals surface area contributed by atoms with Gasteiger partial charge in [0.15, 0.2) is 6.10 Å². The van der Waals surface area contributed by atoms with Gasteiger partial charge in [-0.15, -0.1) is 0 Å². The lowest BCUT2D eigenvalue weighted by molar-refractivity contribution is -0.184. The topological polar surface area (TPSA) is 86.6 Å². The monoisotopic (exact) mass is 283 g/mol. The van der Waals surface area contributed by atoms with E-state index in [4.69, 9.17) is 10.2 Å².